The van der Waals surface area contributed by atoms with E-state index < -0.39 is 47.4 Å². The first kappa shape index (κ1) is 23.3. The molecule has 0 aromatic carbocycles. The number of esters is 2. The number of aliphatic hydroxyl groups excluding tert-OH is 2. The molecule has 0 amide bonds. The standard InChI is InChI=1S/C25H34O7/c1-6-25(30)20(32-14(3)27)12-16-21-15(7-10-24(16,25)5)23(4)9-8-19(31-13(2)26)22(29)17(23)11-18(21)28/h1,11,15-16,18-22,28-30H,7-10,12H2,2-5H3/t15-,16-,18+,19+,20+,21+,22+,23+,24-,25+/m0/s1. The van der Waals surface area contributed by atoms with Gasteiger partial charge in [-0.2, -0.15) is 0 Å². The first-order valence-corrected chi connectivity index (χ1v) is 11.5. The van der Waals surface area contributed by atoms with Crippen molar-refractivity contribution in [2.45, 2.75) is 89.8 Å². The van der Waals surface area contributed by atoms with Crippen LogP contribution in [0.1, 0.15) is 59.8 Å². The number of carbonyl (C=O) groups excluding carboxylic acids is 2. The third-order valence-corrected chi connectivity index (χ3v) is 9.21. The average Bonchev–Trinajstić information content (AvgIpc) is 2.93. The Bertz CT molecular complexity index is 889. The van der Waals surface area contributed by atoms with Crippen molar-refractivity contribution >= 4 is 11.9 Å². The first-order chi connectivity index (χ1) is 14.9. The Labute approximate surface area is 189 Å². The summed E-state index contributed by atoms with van der Waals surface area (Å²) in [6.45, 7) is 6.69. The topological polar surface area (TPSA) is 113 Å². The molecule has 0 aromatic rings. The lowest BCUT2D eigenvalue weighted by molar-refractivity contribution is -0.168. The lowest BCUT2D eigenvalue weighted by atomic mass is 9.46. The molecule has 0 unspecified atom stereocenters. The minimum Gasteiger partial charge on any atom is -0.459 e. The smallest absolute Gasteiger partial charge is 0.303 e. The fourth-order valence-corrected chi connectivity index (χ4v) is 7.61. The number of rotatable bonds is 2. The zero-order valence-electron chi connectivity index (χ0n) is 19.2. The molecule has 4 aliphatic rings. The van der Waals surface area contributed by atoms with Gasteiger partial charge in [-0.1, -0.05) is 25.8 Å². The molecule has 7 heteroatoms. The maximum Gasteiger partial charge on any atom is 0.303 e. The van der Waals surface area contributed by atoms with Crippen LogP contribution in [0, 0.1) is 40.9 Å². The summed E-state index contributed by atoms with van der Waals surface area (Å²) in [7, 11) is 0. The van der Waals surface area contributed by atoms with Crippen LogP contribution in [0.3, 0.4) is 0 Å². The number of hydrogen-bond acceptors (Lipinski definition) is 7. The van der Waals surface area contributed by atoms with Gasteiger partial charge in [0.2, 0.25) is 0 Å². The Morgan fingerprint density at radius 1 is 1.09 bits per heavy atom. The second kappa shape index (κ2) is 7.58. The van der Waals surface area contributed by atoms with Crippen molar-refractivity contribution in [1.82, 2.24) is 0 Å². The van der Waals surface area contributed by atoms with Gasteiger partial charge in [-0.25, -0.2) is 0 Å². The van der Waals surface area contributed by atoms with E-state index in [0.29, 0.717) is 25.7 Å². The summed E-state index contributed by atoms with van der Waals surface area (Å²) >= 11 is 0. The number of aliphatic hydroxyl groups is 3. The van der Waals surface area contributed by atoms with E-state index in [-0.39, 0.29) is 23.2 Å². The third kappa shape index (κ3) is 3.07. The van der Waals surface area contributed by atoms with Crippen molar-refractivity contribution in [1.29, 1.82) is 0 Å². The molecule has 4 aliphatic carbocycles. The molecule has 7 nitrogen and oxygen atoms in total. The van der Waals surface area contributed by atoms with Gasteiger partial charge in [0, 0.05) is 19.3 Å². The highest BCUT2D eigenvalue weighted by molar-refractivity contribution is 5.67. The molecule has 0 bridgehead atoms. The largest absolute Gasteiger partial charge is 0.459 e. The highest BCUT2D eigenvalue weighted by Crippen LogP contribution is 2.67. The number of terminal acetylenes is 1. The van der Waals surface area contributed by atoms with E-state index in [1.807, 2.05) is 6.92 Å². The van der Waals surface area contributed by atoms with Crippen molar-refractivity contribution < 1.29 is 34.4 Å². The van der Waals surface area contributed by atoms with E-state index in [9.17, 15) is 24.9 Å². The fourth-order valence-electron chi connectivity index (χ4n) is 7.61. The molecule has 0 saturated heterocycles. The summed E-state index contributed by atoms with van der Waals surface area (Å²) in [6, 6.07) is 0. The lowest BCUT2D eigenvalue weighted by Gasteiger charge is -2.60. The van der Waals surface area contributed by atoms with Crippen LogP contribution in [0.4, 0.5) is 0 Å². The van der Waals surface area contributed by atoms with E-state index >= 15 is 0 Å². The maximum atomic E-state index is 11.7. The lowest BCUT2D eigenvalue weighted by Crippen LogP contribution is -2.60. The summed E-state index contributed by atoms with van der Waals surface area (Å²) in [6.07, 6.45) is 7.25. The second-order valence-corrected chi connectivity index (χ2v) is 10.7. The van der Waals surface area contributed by atoms with E-state index in [4.69, 9.17) is 15.9 Å². The molecular weight excluding hydrogens is 412 g/mol. The summed E-state index contributed by atoms with van der Waals surface area (Å²) in [5, 5.41) is 33.8. The SMILES string of the molecule is C#C[C@@]1(O)[C@H](OC(C)=O)C[C@H]2[C@@H]3[C@H](O)C=C4[C@@H](O)[C@H](OC(C)=O)CC[C@]4(C)[C@H]3CC[C@@]21C. The minimum atomic E-state index is -1.61. The molecule has 10 atom stereocenters. The van der Waals surface area contributed by atoms with Gasteiger partial charge in [0.1, 0.15) is 18.3 Å². The van der Waals surface area contributed by atoms with Gasteiger partial charge in [-0.15, -0.1) is 6.42 Å². The Morgan fingerprint density at radius 2 is 1.75 bits per heavy atom. The van der Waals surface area contributed by atoms with Crippen LogP contribution in [0.2, 0.25) is 0 Å². The van der Waals surface area contributed by atoms with Gasteiger partial charge in [0.25, 0.3) is 0 Å². The van der Waals surface area contributed by atoms with Crippen LogP contribution in [-0.4, -0.2) is 57.3 Å². The molecule has 0 aliphatic heterocycles. The molecule has 0 heterocycles. The summed E-state index contributed by atoms with van der Waals surface area (Å²) < 4.78 is 10.8. The number of hydrogen-bond donors (Lipinski definition) is 3. The van der Waals surface area contributed by atoms with Crippen LogP contribution in [-0.2, 0) is 19.1 Å². The van der Waals surface area contributed by atoms with Crippen molar-refractivity contribution in [3.8, 4) is 12.3 Å². The average molecular weight is 447 g/mol. The Kier molecular flexibility index (Phi) is 5.51. The van der Waals surface area contributed by atoms with E-state index in [0.717, 1.165) is 12.0 Å². The van der Waals surface area contributed by atoms with Gasteiger partial charge in [0.05, 0.1) is 6.10 Å². The van der Waals surface area contributed by atoms with Gasteiger partial charge in [0.15, 0.2) is 5.60 Å². The van der Waals surface area contributed by atoms with Crippen LogP contribution in [0.15, 0.2) is 11.6 Å². The Morgan fingerprint density at radius 3 is 2.34 bits per heavy atom. The number of ether oxygens (including phenoxy) is 2. The zero-order valence-corrected chi connectivity index (χ0v) is 19.2. The molecule has 4 rings (SSSR count). The summed E-state index contributed by atoms with van der Waals surface area (Å²) in [5.74, 6) is 1.32. The monoisotopic (exact) mass is 446 g/mol. The summed E-state index contributed by atoms with van der Waals surface area (Å²) in [4.78, 5) is 23.2. The van der Waals surface area contributed by atoms with Gasteiger partial charge < -0.3 is 24.8 Å². The van der Waals surface area contributed by atoms with Crippen molar-refractivity contribution in [2.75, 3.05) is 0 Å². The molecule has 3 N–H and O–H groups in total. The molecule has 32 heavy (non-hydrogen) atoms. The first-order valence-electron chi connectivity index (χ1n) is 11.5. The van der Waals surface area contributed by atoms with Crippen LogP contribution >= 0.6 is 0 Å². The fraction of sp³-hybridized carbons (Fsp3) is 0.760. The molecule has 0 spiro atoms. The van der Waals surface area contributed by atoms with Gasteiger partial charge in [-0.05, 0) is 60.8 Å². The molecule has 0 aromatic heterocycles. The normalized spacial score (nSPS) is 49.6. The van der Waals surface area contributed by atoms with E-state index in [1.165, 1.54) is 13.8 Å². The minimum absolute atomic E-state index is 0.0570. The molecule has 3 saturated carbocycles. The second-order valence-electron chi connectivity index (χ2n) is 10.7. The Hall–Kier alpha value is -1.88. The highest BCUT2D eigenvalue weighted by Gasteiger charge is 2.69. The van der Waals surface area contributed by atoms with E-state index in [1.54, 1.807) is 6.08 Å². The third-order valence-electron chi connectivity index (χ3n) is 9.21. The quantitative estimate of drug-likeness (QED) is 0.336. The van der Waals surface area contributed by atoms with Crippen LogP contribution < -0.4 is 0 Å². The molecule has 0 radical (unpaired) electrons. The van der Waals surface area contributed by atoms with E-state index in [2.05, 4.69) is 12.8 Å². The molecular formula is C25H34O7. The predicted molar refractivity (Wildman–Crippen MR) is 115 cm³/mol. The number of carbonyl (C=O) groups is 2. The number of fused-ring (bicyclic) bond motifs is 5. The van der Waals surface area contributed by atoms with Gasteiger partial charge >= 0.3 is 11.9 Å². The van der Waals surface area contributed by atoms with Crippen molar-refractivity contribution in [2.24, 2.45) is 28.6 Å². The maximum absolute atomic E-state index is 11.7. The zero-order chi connectivity index (χ0) is 23.6. The Balaban J connectivity index is 1.72. The van der Waals surface area contributed by atoms with Crippen LogP contribution in [0.25, 0.3) is 0 Å². The van der Waals surface area contributed by atoms with Crippen molar-refractivity contribution in [3.05, 3.63) is 11.6 Å². The van der Waals surface area contributed by atoms with Gasteiger partial charge in [-0.3, -0.25) is 9.59 Å². The molecule has 3 fully saturated rings. The summed E-state index contributed by atoms with van der Waals surface area (Å²) in [5.41, 5.74) is -1.95. The highest BCUT2D eigenvalue weighted by atomic mass is 16.6. The predicted octanol–water partition coefficient (Wildman–Crippen LogP) is 1.73. The van der Waals surface area contributed by atoms with Crippen molar-refractivity contribution in [3.63, 3.8) is 0 Å². The van der Waals surface area contributed by atoms with Crippen LogP contribution in [0.5, 0.6) is 0 Å². The molecule has 176 valence electrons.